The van der Waals surface area contributed by atoms with E-state index in [-0.39, 0.29) is 12.4 Å². The van der Waals surface area contributed by atoms with Gasteiger partial charge in [-0.05, 0) is 37.6 Å². The molecular weight excluding hydrogens is 310 g/mol. The highest BCUT2D eigenvalue weighted by molar-refractivity contribution is 5.85. The Hall–Kier alpha value is -1.19. The van der Waals surface area contributed by atoms with Gasteiger partial charge in [-0.3, -0.25) is 0 Å². The van der Waals surface area contributed by atoms with Gasteiger partial charge in [0.25, 0.3) is 0 Å². The minimum Gasteiger partial charge on any atom is -0.490 e. The van der Waals surface area contributed by atoms with Crippen molar-refractivity contribution < 1.29 is 9.47 Å². The van der Waals surface area contributed by atoms with E-state index < -0.39 is 0 Å². The quantitative estimate of drug-likeness (QED) is 0.398. The summed E-state index contributed by atoms with van der Waals surface area (Å²) < 4.78 is 11.3. The first-order chi connectivity index (χ1) is 10.8. The SMILES string of the molecule is C=CCOc1ccc(CNCCCCCCC)cc1OCC.Cl. The number of rotatable bonds is 13. The molecule has 1 rings (SSSR count). The molecule has 0 unspecified atom stereocenters. The van der Waals surface area contributed by atoms with Gasteiger partial charge in [-0.25, -0.2) is 0 Å². The number of hydrogen-bond acceptors (Lipinski definition) is 3. The Bertz CT molecular complexity index is 424. The molecule has 1 aromatic rings. The van der Waals surface area contributed by atoms with E-state index in [1.54, 1.807) is 6.08 Å². The van der Waals surface area contributed by atoms with Crippen molar-refractivity contribution in [3.8, 4) is 11.5 Å². The van der Waals surface area contributed by atoms with Crippen LogP contribution in [0, 0.1) is 0 Å². The Morgan fingerprint density at radius 3 is 2.52 bits per heavy atom. The average molecular weight is 342 g/mol. The molecule has 0 saturated heterocycles. The Balaban J connectivity index is 0.00000484. The van der Waals surface area contributed by atoms with Crippen molar-refractivity contribution in [3.05, 3.63) is 36.4 Å². The summed E-state index contributed by atoms with van der Waals surface area (Å²) in [5.74, 6) is 1.59. The van der Waals surface area contributed by atoms with Crippen molar-refractivity contribution in [2.75, 3.05) is 19.8 Å². The molecule has 3 nitrogen and oxygen atoms in total. The minimum absolute atomic E-state index is 0. The van der Waals surface area contributed by atoms with Gasteiger partial charge in [-0.15, -0.1) is 12.4 Å². The van der Waals surface area contributed by atoms with Crippen molar-refractivity contribution in [1.29, 1.82) is 0 Å². The van der Waals surface area contributed by atoms with Gasteiger partial charge < -0.3 is 14.8 Å². The van der Waals surface area contributed by atoms with Gasteiger partial charge in [0.15, 0.2) is 11.5 Å². The molecule has 132 valence electrons. The number of halogens is 1. The van der Waals surface area contributed by atoms with E-state index in [1.807, 2.05) is 13.0 Å². The third-order valence-corrected chi connectivity index (χ3v) is 3.45. The first-order valence-electron chi connectivity index (χ1n) is 8.52. The van der Waals surface area contributed by atoms with Crippen LogP contribution in [0.4, 0.5) is 0 Å². The first kappa shape index (κ1) is 21.8. The highest BCUT2D eigenvalue weighted by atomic mass is 35.5. The molecule has 0 radical (unpaired) electrons. The number of hydrogen-bond donors (Lipinski definition) is 1. The number of nitrogens with one attached hydrogen (secondary N) is 1. The molecule has 4 heteroatoms. The lowest BCUT2D eigenvalue weighted by Crippen LogP contribution is -2.14. The molecule has 0 heterocycles. The number of unbranched alkanes of at least 4 members (excludes halogenated alkanes) is 4. The highest BCUT2D eigenvalue weighted by Gasteiger charge is 2.06. The summed E-state index contributed by atoms with van der Waals surface area (Å²) in [6.07, 6.45) is 8.31. The maximum Gasteiger partial charge on any atom is 0.161 e. The summed E-state index contributed by atoms with van der Waals surface area (Å²) in [6, 6.07) is 6.13. The predicted molar refractivity (Wildman–Crippen MR) is 101 cm³/mol. The fourth-order valence-corrected chi connectivity index (χ4v) is 2.28. The Morgan fingerprint density at radius 2 is 1.83 bits per heavy atom. The molecule has 0 aliphatic heterocycles. The van der Waals surface area contributed by atoms with Crippen LogP contribution in [-0.4, -0.2) is 19.8 Å². The van der Waals surface area contributed by atoms with Crippen LogP contribution in [0.5, 0.6) is 11.5 Å². The van der Waals surface area contributed by atoms with E-state index in [0.29, 0.717) is 13.2 Å². The average Bonchev–Trinajstić information content (AvgIpc) is 2.53. The molecule has 0 atom stereocenters. The van der Waals surface area contributed by atoms with Crippen molar-refractivity contribution in [2.24, 2.45) is 0 Å². The molecule has 1 aromatic carbocycles. The second-order valence-corrected chi connectivity index (χ2v) is 5.40. The van der Waals surface area contributed by atoms with E-state index >= 15 is 0 Å². The van der Waals surface area contributed by atoms with E-state index in [2.05, 4.69) is 31.0 Å². The molecule has 0 fully saturated rings. The molecule has 0 spiro atoms. The zero-order valence-corrected chi connectivity index (χ0v) is 15.4. The first-order valence-corrected chi connectivity index (χ1v) is 8.52. The molecule has 23 heavy (non-hydrogen) atoms. The zero-order valence-electron chi connectivity index (χ0n) is 14.6. The summed E-state index contributed by atoms with van der Waals surface area (Å²) >= 11 is 0. The third kappa shape index (κ3) is 9.52. The summed E-state index contributed by atoms with van der Waals surface area (Å²) in [6.45, 7) is 11.0. The third-order valence-electron chi connectivity index (χ3n) is 3.45. The van der Waals surface area contributed by atoms with Gasteiger partial charge >= 0.3 is 0 Å². The normalized spacial score (nSPS) is 10.0. The topological polar surface area (TPSA) is 30.5 Å². The summed E-state index contributed by atoms with van der Waals surface area (Å²) in [5.41, 5.74) is 1.22. The van der Waals surface area contributed by atoms with Crippen molar-refractivity contribution >= 4 is 12.4 Å². The minimum atomic E-state index is 0. The van der Waals surface area contributed by atoms with Gasteiger partial charge in [0.2, 0.25) is 0 Å². The van der Waals surface area contributed by atoms with Crippen LogP contribution in [0.2, 0.25) is 0 Å². The molecule has 0 saturated carbocycles. The van der Waals surface area contributed by atoms with Gasteiger partial charge in [0.1, 0.15) is 6.61 Å². The molecule has 1 N–H and O–H groups in total. The Kier molecular flexibility index (Phi) is 13.7. The largest absolute Gasteiger partial charge is 0.490 e. The molecule has 0 bridgehead atoms. The molecule has 0 amide bonds. The summed E-state index contributed by atoms with van der Waals surface area (Å²) in [7, 11) is 0. The fourth-order valence-electron chi connectivity index (χ4n) is 2.28. The summed E-state index contributed by atoms with van der Waals surface area (Å²) in [4.78, 5) is 0. The lowest BCUT2D eigenvalue weighted by Gasteiger charge is -2.13. The van der Waals surface area contributed by atoms with Crippen LogP contribution in [0.1, 0.15) is 51.5 Å². The van der Waals surface area contributed by atoms with Crippen LogP contribution in [0.25, 0.3) is 0 Å². The van der Waals surface area contributed by atoms with Gasteiger partial charge in [-0.2, -0.15) is 0 Å². The lowest BCUT2D eigenvalue weighted by atomic mass is 10.1. The van der Waals surface area contributed by atoms with Gasteiger partial charge in [0.05, 0.1) is 6.61 Å². The van der Waals surface area contributed by atoms with Crippen molar-refractivity contribution in [3.63, 3.8) is 0 Å². The zero-order chi connectivity index (χ0) is 16.0. The summed E-state index contributed by atoms with van der Waals surface area (Å²) in [5, 5.41) is 3.50. The number of benzene rings is 1. The van der Waals surface area contributed by atoms with Crippen molar-refractivity contribution in [1.82, 2.24) is 5.32 Å². The fraction of sp³-hybridized carbons (Fsp3) is 0.579. The maximum absolute atomic E-state index is 5.66. The van der Waals surface area contributed by atoms with Crippen LogP contribution in [0.15, 0.2) is 30.9 Å². The highest BCUT2D eigenvalue weighted by Crippen LogP contribution is 2.28. The Labute approximate surface area is 147 Å². The predicted octanol–water partition coefficient (Wildman–Crippen LogP) is 5.13. The molecule has 0 aliphatic rings. The maximum atomic E-state index is 5.66. The van der Waals surface area contributed by atoms with Crippen LogP contribution < -0.4 is 14.8 Å². The Morgan fingerprint density at radius 1 is 1.04 bits per heavy atom. The van der Waals surface area contributed by atoms with Crippen LogP contribution in [0.3, 0.4) is 0 Å². The van der Waals surface area contributed by atoms with Crippen molar-refractivity contribution in [2.45, 2.75) is 52.5 Å². The van der Waals surface area contributed by atoms with E-state index in [4.69, 9.17) is 9.47 Å². The van der Waals surface area contributed by atoms with E-state index in [0.717, 1.165) is 24.6 Å². The van der Waals surface area contributed by atoms with Gasteiger partial charge in [-0.1, -0.05) is 51.3 Å². The smallest absolute Gasteiger partial charge is 0.161 e. The molecule has 0 aromatic heterocycles. The second-order valence-electron chi connectivity index (χ2n) is 5.40. The lowest BCUT2D eigenvalue weighted by molar-refractivity contribution is 0.296. The van der Waals surface area contributed by atoms with Crippen LogP contribution >= 0.6 is 12.4 Å². The van der Waals surface area contributed by atoms with Gasteiger partial charge in [0, 0.05) is 6.54 Å². The number of ether oxygens (including phenoxy) is 2. The second kappa shape index (κ2) is 14.4. The molecular formula is C19H32ClNO2. The standard InChI is InChI=1S/C19H31NO2.ClH/c1-4-7-8-9-10-13-20-16-17-11-12-18(22-14-5-2)19(15-17)21-6-3;/h5,11-12,15,20H,2,4,6-10,13-14,16H2,1,3H3;1H. The van der Waals surface area contributed by atoms with E-state index in [1.165, 1.54) is 37.7 Å². The van der Waals surface area contributed by atoms with Crippen LogP contribution in [-0.2, 0) is 6.54 Å². The molecule has 0 aliphatic carbocycles. The van der Waals surface area contributed by atoms with E-state index in [9.17, 15) is 0 Å². The monoisotopic (exact) mass is 341 g/mol.